The predicted octanol–water partition coefficient (Wildman–Crippen LogP) is 3.01. The zero-order valence-electron chi connectivity index (χ0n) is 9.57. The Hall–Kier alpha value is -0.740. The van der Waals surface area contributed by atoms with Crippen LogP contribution >= 0.6 is 11.8 Å². The lowest BCUT2D eigenvalue weighted by Crippen LogP contribution is -2.04. The fraction of sp³-hybridized carbons (Fsp3) is 0.500. The summed E-state index contributed by atoms with van der Waals surface area (Å²) in [6, 6.07) is 4.20. The highest BCUT2D eigenvalue weighted by molar-refractivity contribution is 7.99. The van der Waals surface area contributed by atoms with Crippen molar-refractivity contribution in [2.75, 3.05) is 18.6 Å². The molecule has 1 unspecified atom stereocenters. The number of benzene rings is 1. The van der Waals surface area contributed by atoms with Gasteiger partial charge in [0.15, 0.2) is 0 Å². The lowest BCUT2D eigenvalue weighted by molar-refractivity contribution is 0.198. The minimum Gasteiger partial charge on any atom is -0.496 e. The first-order valence-corrected chi connectivity index (χ1v) is 6.43. The van der Waals surface area contributed by atoms with Crippen molar-refractivity contribution in [1.82, 2.24) is 0 Å². The van der Waals surface area contributed by atoms with Gasteiger partial charge in [-0.3, -0.25) is 0 Å². The molecule has 4 heteroatoms. The van der Waals surface area contributed by atoms with Crippen LogP contribution in [0, 0.1) is 5.82 Å². The summed E-state index contributed by atoms with van der Waals surface area (Å²) in [6.07, 6.45) is 0.389. The van der Waals surface area contributed by atoms with Crippen LogP contribution < -0.4 is 4.74 Å². The smallest absolute Gasteiger partial charge is 0.124 e. The van der Waals surface area contributed by atoms with Gasteiger partial charge in [0.2, 0.25) is 0 Å². The lowest BCUT2D eigenvalue weighted by Gasteiger charge is -2.14. The van der Waals surface area contributed by atoms with Crippen molar-refractivity contribution in [2.45, 2.75) is 19.4 Å². The van der Waals surface area contributed by atoms with Crippen LogP contribution in [0.2, 0.25) is 0 Å². The molecule has 0 radical (unpaired) electrons. The SMILES string of the molecule is CCCSCC(O)c1cc(F)ccc1OC. The first kappa shape index (κ1) is 13.3. The van der Waals surface area contributed by atoms with E-state index in [1.54, 1.807) is 17.8 Å². The average Bonchev–Trinajstić information content (AvgIpc) is 2.29. The molecule has 0 aliphatic heterocycles. The summed E-state index contributed by atoms with van der Waals surface area (Å²) in [7, 11) is 1.52. The summed E-state index contributed by atoms with van der Waals surface area (Å²) in [4.78, 5) is 0. The van der Waals surface area contributed by atoms with Gasteiger partial charge in [0.05, 0.1) is 13.2 Å². The maximum absolute atomic E-state index is 13.1. The van der Waals surface area contributed by atoms with Gasteiger partial charge in [-0.1, -0.05) is 6.92 Å². The van der Waals surface area contributed by atoms with E-state index >= 15 is 0 Å². The number of aliphatic hydroxyl groups is 1. The van der Waals surface area contributed by atoms with Crippen molar-refractivity contribution in [3.63, 3.8) is 0 Å². The number of rotatable bonds is 6. The Kier molecular flexibility index (Phi) is 5.63. The van der Waals surface area contributed by atoms with E-state index in [0.29, 0.717) is 17.1 Å². The fourth-order valence-electron chi connectivity index (χ4n) is 1.39. The molecule has 1 aromatic carbocycles. The van der Waals surface area contributed by atoms with E-state index in [4.69, 9.17) is 4.74 Å². The molecular formula is C12H17FO2S. The van der Waals surface area contributed by atoms with Crippen molar-refractivity contribution in [2.24, 2.45) is 0 Å². The van der Waals surface area contributed by atoms with E-state index in [0.717, 1.165) is 12.2 Å². The van der Waals surface area contributed by atoms with Gasteiger partial charge < -0.3 is 9.84 Å². The lowest BCUT2D eigenvalue weighted by atomic mass is 10.1. The van der Waals surface area contributed by atoms with Crippen LogP contribution in [-0.2, 0) is 0 Å². The topological polar surface area (TPSA) is 29.5 Å². The van der Waals surface area contributed by atoms with Gasteiger partial charge >= 0.3 is 0 Å². The van der Waals surface area contributed by atoms with Crippen LogP contribution in [0.15, 0.2) is 18.2 Å². The summed E-state index contributed by atoms with van der Waals surface area (Å²) < 4.78 is 18.2. The van der Waals surface area contributed by atoms with Crippen LogP contribution in [-0.4, -0.2) is 23.7 Å². The van der Waals surface area contributed by atoms with Gasteiger partial charge in [0, 0.05) is 11.3 Å². The highest BCUT2D eigenvalue weighted by Crippen LogP contribution is 2.28. The molecule has 16 heavy (non-hydrogen) atoms. The van der Waals surface area contributed by atoms with Crippen LogP contribution in [0.25, 0.3) is 0 Å². The number of thioether (sulfide) groups is 1. The Morgan fingerprint density at radius 3 is 2.88 bits per heavy atom. The number of hydrogen-bond donors (Lipinski definition) is 1. The third-order valence-electron chi connectivity index (χ3n) is 2.17. The molecule has 0 spiro atoms. The van der Waals surface area contributed by atoms with Crippen LogP contribution in [0.3, 0.4) is 0 Å². The molecule has 1 N–H and O–H groups in total. The monoisotopic (exact) mass is 244 g/mol. The standard InChI is InChI=1S/C12H17FO2S/c1-3-6-16-8-11(14)10-7-9(13)4-5-12(10)15-2/h4-5,7,11,14H,3,6,8H2,1-2H3. The largest absolute Gasteiger partial charge is 0.496 e. The van der Waals surface area contributed by atoms with Gasteiger partial charge in [-0.2, -0.15) is 11.8 Å². The Balaban J connectivity index is 2.72. The Bertz CT molecular complexity index is 331. The summed E-state index contributed by atoms with van der Waals surface area (Å²) in [6.45, 7) is 2.09. The molecule has 0 fully saturated rings. The van der Waals surface area contributed by atoms with Crippen molar-refractivity contribution >= 4 is 11.8 Å². The van der Waals surface area contributed by atoms with E-state index in [1.807, 2.05) is 0 Å². The van der Waals surface area contributed by atoms with Gasteiger partial charge in [0.25, 0.3) is 0 Å². The maximum atomic E-state index is 13.1. The molecule has 0 aliphatic rings. The third-order valence-corrected chi connectivity index (χ3v) is 3.42. The molecule has 0 saturated heterocycles. The Morgan fingerprint density at radius 2 is 2.25 bits per heavy atom. The number of aliphatic hydroxyl groups excluding tert-OH is 1. The zero-order chi connectivity index (χ0) is 12.0. The van der Waals surface area contributed by atoms with Crippen molar-refractivity contribution in [3.8, 4) is 5.75 Å². The predicted molar refractivity (Wildman–Crippen MR) is 65.5 cm³/mol. The number of halogens is 1. The van der Waals surface area contributed by atoms with Crippen LogP contribution in [0.5, 0.6) is 5.75 Å². The van der Waals surface area contributed by atoms with Crippen molar-refractivity contribution in [3.05, 3.63) is 29.6 Å². The number of methoxy groups -OCH3 is 1. The molecule has 0 saturated carbocycles. The third kappa shape index (κ3) is 3.68. The molecule has 0 bridgehead atoms. The van der Waals surface area contributed by atoms with E-state index in [2.05, 4.69) is 6.92 Å². The average molecular weight is 244 g/mol. The van der Waals surface area contributed by atoms with E-state index < -0.39 is 6.10 Å². The first-order valence-electron chi connectivity index (χ1n) is 5.28. The van der Waals surface area contributed by atoms with E-state index in [1.165, 1.54) is 19.2 Å². The van der Waals surface area contributed by atoms with Crippen molar-refractivity contribution in [1.29, 1.82) is 0 Å². The molecule has 0 amide bonds. The van der Waals surface area contributed by atoms with E-state index in [-0.39, 0.29) is 5.82 Å². The molecule has 0 aliphatic carbocycles. The van der Waals surface area contributed by atoms with E-state index in [9.17, 15) is 9.50 Å². The van der Waals surface area contributed by atoms with Crippen molar-refractivity contribution < 1.29 is 14.2 Å². The summed E-state index contributed by atoms with van der Waals surface area (Å²) in [5, 5.41) is 9.92. The quantitative estimate of drug-likeness (QED) is 0.780. The summed E-state index contributed by atoms with van der Waals surface area (Å²) in [5.74, 6) is 1.74. The molecule has 1 atom stereocenters. The van der Waals surface area contributed by atoms with Gasteiger partial charge in [-0.25, -0.2) is 4.39 Å². The molecule has 1 rings (SSSR count). The molecule has 0 aromatic heterocycles. The summed E-state index contributed by atoms with van der Waals surface area (Å²) in [5.41, 5.74) is 0.520. The Morgan fingerprint density at radius 1 is 1.50 bits per heavy atom. The van der Waals surface area contributed by atoms with Gasteiger partial charge in [-0.05, 0) is 30.4 Å². The fourth-order valence-corrected chi connectivity index (χ4v) is 2.25. The van der Waals surface area contributed by atoms with Gasteiger partial charge in [-0.15, -0.1) is 0 Å². The highest BCUT2D eigenvalue weighted by atomic mass is 32.2. The highest BCUT2D eigenvalue weighted by Gasteiger charge is 2.14. The normalized spacial score (nSPS) is 12.5. The Labute approximate surface area is 99.8 Å². The molecule has 1 aromatic rings. The van der Waals surface area contributed by atoms with Crippen LogP contribution in [0.4, 0.5) is 4.39 Å². The minimum absolute atomic E-state index is 0.352. The first-order chi connectivity index (χ1) is 7.69. The second-order valence-electron chi connectivity index (χ2n) is 3.48. The maximum Gasteiger partial charge on any atom is 0.124 e. The van der Waals surface area contributed by atoms with Crippen LogP contribution in [0.1, 0.15) is 25.0 Å². The summed E-state index contributed by atoms with van der Waals surface area (Å²) >= 11 is 1.65. The zero-order valence-corrected chi connectivity index (χ0v) is 10.4. The number of hydrogen-bond acceptors (Lipinski definition) is 3. The van der Waals surface area contributed by atoms with Gasteiger partial charge in [0.1, 0.15) is 11.6 Å². The number of ether oxygens (including phenoxy) is 1. The second kappa shape index (κ2) is 6.76. The second-order valence-corrected chi connectivity index (χ2v) is 4.63. The molecule has 0 heterocycles. The molecule has 2 nitrogen and oxygen atoms in total. The molecular weight excluding hydrogens is 227 g/mol. The minimum atomic E-state index is -0.679. The molecule has 90 valence electrons.